The van der Waals surface area contributed by atoms with Crippen molar-refractivity contribution in [3.8, 4) is 0 Å². The highest BCUT2D eigenvalue weighted by molar-refractivity contribution is 6.42. The molecule has 5 nitrogen and oxygen atoms in total. The van der Waals surface area contributed by atoms with Gasteiger partial charge in [-0.2, -0.15) is 13.2 Å². The number of nitrogens with zero attached hydrogens (tertiary/aromatic N) is 2. The van der Waals surface area contributed by atoms with Gasteiger partial charge in [-0.3, -0.25) is 4.79 Å². The number of fused-ring (bicyclic) bond motifs is 1. The van der Waals surface area contributed by atoms with E-state index in [4.69, 9.17) is 28.2 Å². The van der Waals surface area contributed by atoms with Gasteiger partial charge in [-0.25, -0.2) is 9.78 Å². The molecule has 2 aromatic rings. The SMILES string of the molecule is CC(C)c1nc2c(n1Cc1ccc(Cl)c(Cl)c1)C(CC(=O)OC(=O)C(F)(F)F)CCC2. The lowest BCUT2D eigenvalue weighted by atomic mass is 9.87. The third-order valence-corrected chi connectivity index (χ3v) is 5.90. The Balaban J connectivity index is 1.92. The van der Waals surface area contributed by atoms with Crippen LogP contribution < -0.4 is 0 Å². The molecule has 0 saturated carbocycles. The van der Waals surface area contributed by atoms with E-state index in [0.29, 0.717) is 29.4 Å². The van der Waals surface area contributed by atoms with Crippen molar-refractivity contribution in [2.24, 2.45) is 0 Å². The van der Waals surface area contributed by atoms with Gasteiger partial charge in [-0.05, 0) is 37.0 Å². The van der Waals surface area contributed by atoms with Crippen LogP contribution in [-0.2, 0) is 27.3 Å². The fourth-order valence-corrected chi connectivity index (χ4v) is 4.18. The zero-order valence-corrected chi connectivity index (χ0v) is 18.4. The smallest absolute Gasteiger partial charge is 0.386 e. The Hall–Kier alpha value is -2.06. The van der Waals surface area contributed by atoms with Gasteiger partial charge >= 0.3 is 18.1 Å². The van der Waals surface area contributed by atoms with Crippen molar-refractivity contribution in [1.29, 1.82) is 0 Å². The highest BCUT2D eigenvalue weighted by Crippen LogP contribution is 2.37. The Morgan fingerprint density at radius 1 is 1.26 bits per heavy atom. The van der Waals surface area contributed by atoms with Gasteiger partial charge in [0, 0.05) is 24.1 Å². The van der Waals surface area contributed by atoms with E-state index in [1.54, 1.807) is 12.1 Å². The molecule has 1 aliphatic carbocycles. The molecule has 0 N–H and O–H groups in total. The average Bonchev–Trinajstić information content (AvgIpc) is 3.03. The van der Waals surface area contributed by atoms with Crippen LogP contribution in [0, 0.1) is 0 Å². The van der Waals surface area contributed by atoms with Gasteiger partial charge in [0.2, 0.25) is 0 Å². The van der Waals surface area contributed by atoms with Crippen molar-refractivity contribution >= 4 is 35.1 Å². The summed E-state index contributed by atoms with van der Waals surface area (Å²) in [6, 6.07) is 5.27. The second-order valence-corrected chi connectivity index (χ2v) is 8.66. The van der Waals surface area contributed by atoms with E-state index in [-0.39, 0.29) is 12.3 Å². The number of esters is 2. The van der Waals surface area contributed by atoms with Crippen LogP contribution in [-0.4, -0.2) is 27.7 Å². The first kappa shape index (κ1) is 23.6. The van der Waals surface area contributed by atoms with Crippen molar-refractivity contribution in [1.82, 2.24) is 9.55 Å². The first-order valence-electron chi connectivity index (χ1n) is 9.82. The molecule has 31 heavy (non-hydrogen) atoms. The van der Waals surface area contributed by atoms with Crippen molar-refractivity contribution in [3.05, 3.63) is 51.0 Å². The number of aryl methyl sites for hydroxylation is 1. The predicted molar refractivity (Wildman–Crippen MR) is 109 cm³/mol. The van der Waals surface area contributed by atoms with Crippen molar-refractivity contribution in [2.45, 2.75) is 64.1 Å². The lowest BCUT2D eigenvalue weighted by Gasteiger charge is -2.24. The van der Waals surface area contributed by atoms with Crippen LogP contribution in [0.5, 0.6) is 0 Å². The van der Waals surface area contributed by atoms with Gasteiger partial charge in [0.05, 0.1) is 22.2 Å². The summed E-state index contributed by atoms with van der Waals surface area (Å²) in [4.78, 5) is 27.8. The predicted octanol–water partition coefficient (Wildman–Crippen LogP) is 5.80. The molecule has 3 rings (SSSR count). The molecule has 1 heterocycles. The van der Waals surface area contributed by atoms with Gasteiger partial charge in [-0.1, -0.05) is 43.1 Å². The van der Waals surface area contributed by atoms with Crippen molar-refractivity contribution < 1.29 is 27.5 Å². The number of aromatic nitrogens is 2. The number of hydrogen-bond acceptors (Lipinski definition) is 4. The Labute approximate surface area is 187 Å². The molecule has 1 aromatic carbocycles. The highest BCUT2D eigenvalue weighted by atomic mass is 35.5. The molecule has 0 amide bonds. The van der Waals surface area contributed by atoms with Gasteiger partial charge in [0.1, 0.15) is 5.82 Å². The minimum Gasteiger partial charge on any atom is -0.386 e. The maximum absolute atomic E-state index is 12.4. The molecule has 1 aromatic heterocycles. The molecule has 1 unspecified atom stereocenters. The molecule has 1 aliphatic rings. The molecular formula is C21H21Cl2F3N2O3. The molecule has 0 spiro atoms. The average molecular weight is 477 g/mol. The fourth-order valence-electron chi connectivity index (χ4n) is 3.86. The van der Waals surface area contributed by atoms with E-state index in [9.17, 15) is 22.8 Å². The summed E-state index contributed by atoms with van der Waals surface area (Å²) >= 11 is 12.1. The second-order valence-electron chi connectivity index (χ2n) is 7.84. The zero-order valence-electron chi connectivity index (χ0n) is 16.9. The minimum atomic E-state index is -5.21. The second kappa shape index (κ2) is 9.20. The summed E-state index contributed by atoms with van der Waals surface area (Å²) in [5.74, 6) is -3.22. The van der Waals surface area contributed by atoms with Crippen LogP contribution in [0.15, 0.2) is 18.2 Å². The van der Waals surface area contributed by atoms with Crippen molar-refractivity contribution in [3.63, 3.8) is 0 Å². The van der Waals surface area contributed by atoms with Gasteiger partial charge < -0.3 is 9.30 Å². The molecular weight excluding hydrogens is 456 g/mol. The Morgan fingerprint density at radius 2 is 1.97 bits per heavy atom. The summed E-state index contributed by atoms with van der Waals surface area (Å²) in [5.41, 5.74) is 2.48. The quantitative estimate of drug-likeness (QED) is 0.403. The largest absolute Gasteiger partial charge is 0.491 e. The monoisotopic (exact) mass is 476 g/mol. The summed E-state index contributed by atoms with van der Waals surface area (Å²) < 4.78 is 43.3. The number of carbonyl (C=O) groups excluding carboxylic acids is 2. The number of benzene rings is 1. The topological polar surface area (TPSA) is 61.2 Å². The molecule has 1 atom stereocenters. The molecule has 168 valence electrons. The normalized spacial score (nSPS) is 16.3. The summed E-state index contributed by atoms with van der Waals surface area (Å²) in [6.45, 7) is 4.40. The van der Waals surface area contributed by atoms with Crippen LogP contribution in [0.4, 0.5) is 13.2 Å². The summed E-state index contributed by atoms with van der Waals surface area (Å²) in [7, 11) is 0. The number of carbonyl (C=O) groups is 2. The summed E-state index contributed by atoms with van der Waals surface area (Å²) in [5, 5.41) is 0.835. The van der Waals surface area contributed by atoms with Crippen LogP contribution >= 0.6 is 23.2 Å². The van der Waals surface area contributed by atoms with Crippen molar-refractivity contribution in [2.75, 3.05) is 0 Å². The van der Waals surface area contributed by atoms with Crippen LogP contribution in [0.3, 0.4) is 0 Å². The van der Waals surface area contributed by atoms with E-state index in [1.807, 2.05) is 24.5 Å². The lowest BCUT2D eigenvalue weighted by molar-refractivity contribution is -0.202. The number of hydrogen-bond donors (Lipinski definition) is 0. The van der Waals surface area contributed by atoms with Gasteiger partial charge in [-0.15, -0.1) is 0 Å². The maximum Gasteiger partial charge on any atom is 0.491 e. The van der Waals surface area contributed by atoms with Crippen LogP contribution in [0.1, 0.15) is 67.7 Å². The molecule has 0 saturated heterocycles. The first-order chi connectivity index (χ1) is 14.5. The third-order valence-electron chi connectivity index (χ3n) is 5.16. The number of rotatable bonds is 5. The van der Waals surface area contributed by atoms with E-state index >= 15 is 0 Å². The van der Waals surface area contributed by atoms with Crippen LogP contribution in [0.25, 0.3) is 0 Å². The van der Waals surface area contributed by atoms with E-state index in [1.165, 1.54) is 0 Å². The molecule has 10 heteroatoms. The number of imidazole rings is 1. The van der Waals surface area contributed by atoms with Gasteiger partial charge in [0.25, 0.3) is 0 Å². The maximum atomic E-state index is 12.4. The van der Waals surface area contributed by atoms with Crippen LogP contribution in [0.2, 0.25) is 10.0 Å². The van der Waals surface area contributed by atoms with Gasteiger partial charge in [0.15, 0.2) is 0 Å². The zero-order chi connectivity index (χ0) is 22.9. The number of halogens is 5. The number of ether oxygens (including phenoxy) is 1. The van der Waals surface area contributed by atoms with E-state index < -0.39 is 24.0 Å². The molecule has 0 fully saturated rings. The first-order valence-corrected chi connectivity index (χ1v) is 10.6. The molecule has 0 bridgehead atoms. The Morgan fingerprint density at radius 3 is 2.58 bits per heavy atom. The number of alkyl halides is 3. The Bertz CT molecular complexity index is 1000. The van der Waals surface area contributed by atoms with E-state index in [2.05, 4.69) is 4.74 Å². The molecule has 0 aliphatic heterocycles. The highest BCUT2D eigenvalue weighted by Gasteiger charge is 2.43. The van der Waals surface area contributed by atoms with E-state index in [0.717, 1.165) is 29.2 Å². The summed E-state index contributed by atoms with van der Waals surface area (Å²) in [6.07, 6.45) is -3.53. The standard InChI is InChI=1S/C21H21Cl2F3N2O3/c1-11(2)19-27-16-5-3-4-13(9-17(29)31-20(30)21(24,25)26)18(16)28(19)10-12-6-7-14(22)15(23)8-12/h6-8,11,13H,3-5,9-10H2,1-2H3. The lowest BCUT2D eigenvalue weighted by Crippen LogP contribution is -2.29. The minimum absolute atomic E-state index is 0.0766. The Kier molecular flexibility index (Phi) is 7.01. The molecule has 0 radical (unpaired) electrons. The third kappa shape index (κ3) is 5.41. The fraction of sp³-hybridized carbons (Fsp3) is 0.476.